The molecule has 1 amide bonds. The molecule has 2 heterocycles. The maximum absolute atomic E-state index is 13.9. The van der Waals surface area contributed by atoms with Gasteiger partial charge in [-0.2, -0.15) is 0 Å². The van der Waals surface area contributed by atoms with Crippen LogP contribution in [0.1, 0.15) is 36.8 Å². The van der Waals surface area contributed by atoms with Gasteiger partial charge in [0.25, 0.3) is 0 Å². The molecule has 0 spiro atoms. The summed E-state index contributed by atoms with van der Waals surface area (Å²) in [6.45, 7) is 2.78. The van der Waals surface area contributed by atoms with Crippen molar-refractivity contribution < 1.29 is 9.53 Å². The van der Waals surface area contributed by atoms with Gasteiger partial charge in [0.15, 0.2) is 0 Å². The fourth-order valence-electron chi connectivity index (χ4n) is 5.45. The van der Waals surface area contributed by atoms with Crippen molar-refractivity contribution in [3.05, 3.63) is 78.1 Å². The van der Waals surface area contributed by atoms with Gasteiger partial charge in [-0.25, -0.2) is 0 Å². The minimum atomic E-state index is -0.355. The molecule has 1 saturated heterocycles. The van der Waals surface area contributed by atoms with Crippen molar-refractivity contribution in [2.75, 3.05) is 26.3 Å². The minimum Gasteiger partial charge on any atom is -0.379 e. The molecule has 2 fully saturated rings. The number of aromatic nitrogens is 1. The highest BCUT2D eigenvalue weighted by molar-refractivity contribution is 5.88. The van der Waals surface area contributed by atoms with Gasteiger partial charge >= 0.3 is 0 Å². The zero-order chi connectivity index (χ0) is 21.1. The molecule has 0 unspecified atom stereocenters. The zero-order valence-corrected chi connectivity index (χ0v) is 18.0. The van der Waals surface area contributed by atoms with Gasteiger partial charge in [-0.05, 0) is 41.8 Å². The van der Waals surface area contributed by atoms with Crippen molar-refractivity contribution in [1.82, 2.24) is 9.88 Å². The van der Waals surface area contributed by atoms with Crippen LogP contribution in [0.3, 0.4) is 0 Å². The third-order valence-corrected chi connectivity index (χ3v) is 7.05. The van der Waals surface area contributed by atoms with Crippen LogP contribution >= 0.6 is 0 Å². The zero-order valence-electron chi connectivity index (χ0n) is 18.0. The first-order valence-corrected chi connectivity index (χ1v) is 11.5. The number of ether oxygens (including phenoxy) is 1. The monoisotopic (exact) mass is 414 g/mol. The average Bonchev–Trinajstić information content (AvgIpc) is 3.21. The van der Waals surface area contributed by atoms with E-state index in [0.717, 1.165) is 44.0 Å². The Balaban J connectivity index is 1.36. The van der Waals surface area contributed by atoms with Crippen LogP contribution in [0, 0.1) is 5.92 Å². The van der Waals surface area contributed by atoms with Crippen molar-refractivity contribution >= 4 is 16.7 Å². The van der Waals surface area contributed by atoms with Crippen LogP contribution < -0.4 is 0 Å². The molecule has 31 heavy (non-hydrogen) atoms. The number of nitrogens with zero attached hydrogens (tertiary/aromatic N) is 2. The molecular formula is C27H30N2O2. The van der Waals surface area contributed by atoms with Crippen LogP contribution in [0.15, 0.2) is 67.0 Å². The molecule has 4 heteroatoms. The standard InChI is InChI=1S/C27H30N2O2/c30-26(27(11-4-5-12-27)25-6-2-1-3-7-25)29-14-15-31-20-22(19-29)16-21-8-9-24-18-28-13-10-23(24)17-21/h1-3,6-10,13,17-18,22H,4-5,11-12,14-16,19-20H2/t22-/m0/s1. The molecule has 0 radical (unpaired) electrons. The Bertz CT molecular complexity index is 1040. The van der Waals surface area contributed by atoms with Crippen molar-refractivity contribution in [3.63, 3.8) is 0 Å². The Morgan fingerprint density at radius 2 is 1.90 bits per heavy atom. The number of fused-ring (bicyclic) bond motifs is 1. The first-order valence-electron chi connectivity index (χ1n) is 11.5. The molecular weight excluding hydrogens is 384 g/mol. The molecule has 3 aromatic rings. The Morgan fingerprint density at radius 3 is 2.74 bits per heavy atom. The number of hydrogen-bond donors (Lipinski definition) is 0. The summed E-state index contributed by atoms with van der Waals surface area (Å²) in [4.78, 5) is 20.2. The van der Waals surface area contributed by atoms with Crippen LogP contribution in [0.25, 0.3) is 10.8 Å². The van der Waals surface area contributed by atoms with E-state index in [4.69, 9.17) is 4.74 Å². The van der Waals surface area contributed by atoms with Crippen molar-refractivity contribution in [1.29, 1.82) is 0 Å². The van der Waals surface area contributed by atoms with E-state index < -0.39 is 0 Å². The lowest BCUT2D eigenvalue weighted by atomic mass is 9.77. The third kappa shape index (κ3) is 4.09. The molecule has 1 atom stereocenters. The summed E-state index contributed by atoms with van der Waals surface area (Å²) < 4.78 is 5.94. The summed E-state index contributed by atoms with van der Waals surface area (Å²) in [5.41, 5.74) is 2.12. The van der Waals surface area contributed by atoms with Crippen molar-refractivity contribution in [2.45, 2.75) is 37.5 Å². The lowest BCUT2D eigenvalue weighted by Gasteiger charge is -2.35. The van der Waals surface area contributed by atoms with Crippen molar-refractivity contribution in [3.8, 4) is 0 Å². The van der Waals surface area contributed by atoms with Crippen molar-refractivity contribution in [2.24, 2.45) is 5.92 Å². The highest BCUT2D eigenvalue weighted by atomic mass is 16.5. The fraction of sp³-hybridized carbons (Fsp3) is 0.407. The SMILES string of the molecule is O=C(N1CCOC[C@@H](Cc2ccc3cnccc3c2)C1)C1(c2ccccc2)CCCC1. The lowest BCUT2D eigenvalue weighted by molar-refractivity contribution is -0.137. The number of amides is 1. The molecule has 1 aromatic heterocycles. The second-order valence-electron chi connectivity index (χ2n) is 9.11. The predicted molar refractivity (Wildman–Crippen MR) is 123 cm³/mol. The van der Waals surface area contributed by atoms with Gasteiger partial charge in [0, 0.05) is 36.8 Å². The van der Waals surface area contributed by atoms with Gasteiger partial charge in [0.1, 0.15) is 0 Å². The number of hydrogen-bond acceptors (Lipinski definition) is 3. The number of carbonyl (C=O) groups excluding carboxylic acids is 1. The minimum absolute atomic E-state index is 0.302. The number of rotatable bonds is 4. The third-order valence-electron chi connectivity index (χ3n) is 7.05. The van der Waals surface area contributed by atoms with E-state index in [9.17, 15) is 4.79 Å². The van der Waals surface area contributed by atoms with Crippen LogP contribution in [-0.4, -0.2) is 42.1 Å². The summed E-state index contributed by atoms with van der Waals surface area (Å²) in [7, 11) is 0. The normalized spacial score (nSPS) is 21.2. The van der Waals surface area contributed by atoms with E-state index in [2.05, 4.69) is 58.4 Å². The lowest BCUT2D eigenvalue weighted by Crippen LogP contribution is -2.47. The smallest absolute Gasteiger partial charge is 0.233 e. The first-order chi connectivity index (χ1) is 15.2. The molecule has 0 bridgehead atoms. The maximum Gasteiger partial charge on any atom is 0.233 e. The average molecular weight is 415 g/mol. The fourth-order valence-corrected chi connectivity index (χ4v) is 5.45. The van der Waals surface area contributed by atoms with Crippen LogP contribution in [0.4, 0.5) is 0 Å². The van der Waals surface area contributed by atoms with Crippen LogP contribution in [0.2, 0.25) is 0 Å². The van der Waals surface area contributed by atoms with E-state index in [1.165, 1.54) is 16.5 Å². The summed E-state index contributed by atoms with van der Waals surface area (Å²) >= 11 is 0. The van der Waals surface area contributed by atoms with Gasteiger partial charge in [-0.3, -0.25) is 9.78 Å². The van der Waals surface area contributed by atoms with E-state index in [-0.39, 0.29) is 5.41 Å². The molecule has 4 nitrogen and oxygen atoms in total. The number of pyridine rings is 1. The summed E-state index contributed by atoms with van der Waals surface area (Å²) in [6, 6.07) is 19.1. The molecule has 0 N–H and O–H groups in total. The first kappa shape index (κ1) is 20.2. The van der Waals surface area contributed by atoms with Gasteiger partial charge in [-0.15, -0.1) is 0 Å². The van der Waals surface area contributed by atoms with Gasteiger partial charge in [0.05, 0.1) is 18.6 Å². The Hall–Kier alpha value is -2.72. The molecule has 1 aliphatic heterocycles. The quantitative estimate of drug-likeness (QED) is 0.618. The number of benzene rings is 2. The van der Waals surface area contributed by atoms with E-state index in [1.54, 1.807) is 0 Å². The maximum atomic E-state index is 13.9. The highest BCUT2D eigenvalue weighted by Gasteiger charge is 2.45. The van der Waals surface area contributed by atoms with Crippen LogP contribution in [0.5, 0.6) is 0 Å². The molecule has 5 rings (SSSR count). The molecule has 2 aromatic carbocycles. The van der Waals surface area contributed by atoms with E-state index >= 15 is 0 Å². The molecule has 2 aliphatic rings. The van der Waals surface area contributed by atoms with Crippen LogP contribution in [-0.2, 0) is 21.4 Å². The Kier molecular flexibility index (Phi) is 5.73. The molecule has 1 saturated carbocycles. The summed E-state index contributed by atoms with van der Waals surface area (Å²) in [5, 5.41) is 2.37. The topological polar surface area (TPSA) is 42.4 Å². The van der Waals surface area contributed by atoms with E-state index in [1.807, 2.05) is 18.5 Å². The summed E-state index contributed by atoms with van der Waals surface area (Å²) in [5.74, 6) is 0.608. The Labute approximate surface area is 184 Å². The summed E-state index contributed by atoms with van der Waals surface area (Å²) in [6.07, 6.45) is 8.82. The largest absolute Gasteiger partial charge is 0.379 e. The second kappa shape index (κ2) is 8.80. The second-order valence-corrected chi connectivity index (χ2v) is 9.11. The van der Waals surface area contributed by atoms with Gasteiger partial charge < -0.3 is 9.64 Å². The van der Waals surface area contributed by atoms with Gasteiger partial charge in [0.2, 0.25) is 5.91 Å². The predicted octanol–water partition coefficient (Wildman–Crippen LogP) is 4.76. The van der Waals surface area contributed by atoms with E-state index in [0.29, 0.717) is 31.6 Å². The number of carbonyl (C=O) groups is 1. The molecule has 1 aliphatic carbocycles. The Morgan fingerprint density at radius 1 is 1.06 bits per heavy atom. The van der Waals surface area contributed by atoms with Gasteiger partial charge in [-0.1, -0.05) is 61.4 Å². The highest BCUT2D eigenvalue weighted by Crippen LogP contribution is 2.43. The molecule has 160 valence electrons.